The lowest BCUT2D eigenvalue weighted by Gasteiger charge is -2.32. The van der Waals surface area contributed by atoms with Gasteiger partial charge in [-0.15, -0.1) is 0 Å². The van der Waals surface area contributed by atoms with Gasteiger partial charge >= 0.3 is 6.18 Å². The molecule has 7 heteroatoms. The van der Waals surface area contributed by atoms with E-state index in [4.69, 9.17) is 5.73 Å². The predicted octanol–water partition coefficient (Wildman–Crippen LogP) is 4.76. The number of hydrogen-bond donors (Lipinski definition) is 2. The van der Waals surface area contributed by atoms with Crippen molar-refractivity contribution in [1.82, 2.24) is 4.90 Å². The highest BCUT2D eigenvalue weighted by molar-refractivity contribution is 7.80. The van der Waals surface area contributed by atoms with E-state index in [1.54, 1.807) is 23.1 Å². The summed E-state index contributed by atoms with van der Waals surface area (Å²) in [6.07, 6.45) is 2.22. The van der Waals surface area contributed by atoms with Crippen molar-refractivity contribution in [2.24, 2.45) is 5.73 Å². The van der Waals surface area contributed by atoms with Gasteiger partial charge in [-0.05, 0) is 41.8 Å². The van der Waals surface area contributed by atoms with Crippen LogP contribution in [0.4, 0.5) is 17.6 Å². The van der Waals surface area contributed by atoms with Crippen LogP contribution in [0.2, 0.25) is 0 Å². The lowest BCUT2D eigenvalue weighted by atomic mass is 9.96. The van der Waals surface area contributed by atoms with E-state index in [9.17, 15) is 17.6 Å². The van der Waals surface area contributed by atoms with Crippen molar-refractivity contribution in [3.8, 4) is 0 Å². The van der Waals surface area contributed by atoms with Gasteiger partial charge < -0.3 is 10.6 Å². The zero-order valence-corrected chi connectivity index (χ0v) is 15.0. The standard InChI is InChI=1S/C19H20F4N2S/c1-2-16(24)18(20)17(5-3-4-10-26)25-9-8-13-11-15(19(21,22)23)7-6-14(13)12-25/h2-7,11,26H,1,8-10,12,24H2/b4-3+,17-5+,18-16-. The first-order valence-electron chi connectivity index (χ1n) is 7.97. The molecule has 0 saturated carbocycles. The molecule has 0 radical (unpaired) electrons. The molecule has 2 N–H and O–H groups in total. The van der Waals surface area contributed by atoms with Gasteiger partial charge in [0.2, 0.25) is 0 Å². The Balaban J connectivity index is 2.35. The summed E-state index contributed by atoms with van der Waals surface area (Å²) in [6.45, 7) is 4.15. The zero-order valence-electron chi connectivity index (χ0n) is 14.1. The van der Waals surface area contributed by atoms with Gasteiger partial charge in [0.25, 0.3) is 0 Å². The number of allylic oxidation sites excluding steroid dienone is 4. The Bertz CT molecular complexity index is 763. The van der Waals surface area contributed by atoms with Crippen LogP contribution in [0.25, 0.3) is 0 Å². The van der Waals surface area contributed by atoms with E-state index in [-0.39, 0.29) is 11.4 Å². The SMILES string of the molecule is C=C\C(N)=C(F)/C(=C\C=C\CS)N1CCc2cc(C(F)(F)F)ccc2C1. The van der Waals surface area contributed by atoms with E-state index in [0.29, 0.717) is 30.8 Å². The van der Waals surface area contributed by atoms with E-state index in [1.165, 1.54) is 18.2 Å². The number of alkyl halides is 3. The fourth-order valence-electron chi connectivity index (χ4n) is 2.71. The van der Waals surface area contributed by atoms with Crippen LogP contribution in [-0.2, 0) is 19.1 Å². The number of benzene rings is 1. The molecule has 1 aliphatic rings. The highest BCUT2D eigenvalue weighted by Crippen LogP contribution is 2.33. The van der Waals surface area contributed by atoms with Gasteiger partial charge in [0.1, 0.15) is 0 Å². The number of fused-ring (bicyclic) bond motifs is 1. The minimum atomic E-state index is -4.37. The smallest absolute Gasteiger partial charge is 0.396 e. The van der Waals surface area contributed by atoms with Gasteiger partial charge in [0.05, 0.1) is 17.0 Å². The molecule has 0 atom stereocenters. The van der Waals surface area contributed by atoms with Crippen molar-refractivity contribution in [1.29, 1.82) is 0 Å². The fraction of sp³-hybridized carbons (Fsp3) is 0.263. The summed E-state index contributed by atoms with van der Waals surface area (Å²) in [5.74, 6) is -0.117. The second kappa shape index (κ2) is 8.49. The van der Waals surface area contributed by atoms with E-state index in [2.05, 4.69) is 19.2 Å². The molecule has 1 aromatic carbocycles. The van der Waals surface area contributed by atoms with E-state index in [1.807, 2.05) is 0 Å². The molecule has 2 nitrogen and oxygen atoms in total. The molecule has 0 fully saturated rings. The van der Waals surface area contributed by atoms with Gasteiger partial charge in [-0.25, -0.2) is 4.39 Å². The van der Waals surface area contributed by atoms with Crippen LogP contribution in [0.15, 0.2) is 66.3 Å². The molecule has 0 aromatic heterocycles. The first kappa shape index (κ1) is 20.2. The second-order valence-electron chi connectivity index (χ2n) is 5.79. The number of nitrogens with two attached hydrogens (primary N) is 1. The number of nitrogens with zero attached hydrogens (tertiary/aromatic N) is 1. The van der Waals surface area contributed by atoms with E-state index in [0.717, 1.165) is 11.6 Å². The molecule has 1 heterocycles. The molecule has 0 bridgehead atoms. The van der Waals surface area contributed by atoms with Crippen LogP contribution in [0.1, 0.15) is 16.7 Å². The average Bonchev–Trinajstić information content (AvgIpc) is 2.62. The second-order valence-corrected chi connectivity index (χ2v) is 6.15. The monoisotopic (exact) mass is 384 g/mol. The number of hydrogen-bond acceptors (Lipinski definition) is 3. The van der Waals surface area contributed by atoms with Crippen molar-refractivity contribution in [2.75, 3.05) is 12.3 Å². The normalized spacial score (nSPS) is 16.5. The Morgan fingerprint density at radius 2 is 2.04 bits per heavy atom. The molecule has 0 aliphatic carbocycles. The average molecular weight is 384 g/mol. The van der Waals surface area contributed by atoms with Crippen LogP contribution < -0.4 is 5.73 Å². The summed E-state index contributed by atoms with van der Waals surface area (Å²) in [6, 6.07) is 3.67. The largest absolute Gasteiger partial charge is 0.416 e. The quantitative estimate of drug-likeness (QED) is 0.435. The lowest BCUT2D eigenvalue weighted by molar-refractivity contribution is -0.137. The van der Waals surface area contributed by atoms with Gasteiger partial charge in [-0.1, -0.05) is 24.8 Å². The predicted molar refractivity (Wildman–Crippen MR) is 99.2 cm³/mol. The first-order valence-corrected chi connectivity index (χ1v) is 8.61. The van der Waals surface area contributed by atoms with Gasteiger partial charge in [-0.3, -0.25) is 0 Å². The Kier molecular flexibility index (Phi) is 6.58. The zero-order chi connectivity index (χ0) is 19.3. The summed E-state index contributed by atoms with van der Waals surface area (Å²) in [5, 5.41) is 0. The summed E-state index contributed by atoms with van der Waals surface area (Å²) in [4.78, 5) is 1.75. The third-order valence-electron chi connectivity index (χ3n) is 4.08. The first-order chi connectivity index (χ1) is 12.3. The molecule has 26 heavy (non-hydrogen) atoms. The van der Waals surface area contributed by atoms with E-state index < -0.39 is 17.6 Å². The number of thiol groups is 1. The molecular weight excluding hydrogens is 364 g/mol. The number of halogens is 4. The Labute approximate surface area is 155 Å². The van der Waals surface area contributed by atoms with E-state index >= 15 is 0 Å². The van der Waals surface area contributed by atoms with Crippen molar-refractivity contribution in [3.05, 3.63) is 83.0 Å². The summed E-state index contributed by atoms with van der Waals surface area (Å²) in [7, 11) is 0. The molecule has 0 amide bonds. The van der Waals surface area contributed by atoms with Crippen molar-refractivity contribution < 1.29 is 17.6 Å². The topological polar surface area (TPSA) is 29.3 Å². The lowest BCUT2D eigenvalue weighted by Crippen LogP contribution is -2.31. The Hall–Kier alpha value is -2.15. The number of rotatable bonds is 5. The fourth-order valence-corrected chi connectivity index (χ4v) is 2.83. The maximum Gasteiger partial charge on any atom is 0.416 e. The highest BCUT2D eigenvalue weighted by Gasteiger charge is 2.32. The van der Waals surface area contributed by atoms with Crippen LogP contribution in [-0.4, -0.2) is 17.2 Å². The third-order valence-corrected chi connectivity index (χ3v) is 4.29. The maximum atomic E-state index is 14.6. The van der Waals surface area contributed by atoms with Crippen LogP contribution >= 0.6 is 12.6 Å². The summed E-state index contributed by atoms with van der Waals surface area (Å²) < 4.78 is 53.2. The Morgan fingerprint density at radius 3 is 2.65 bits per heavy atom. The molecule has 1 aromatic rings. The molecular formula is C19H20F4N2S. The van der Waals surface area contributed by atoms with Gasteiger partial charge in [0.15, 0.2) is 5.83 Å². The molecule has 0 saturated heterocycles. The molecule has 140 valence electrons. The van der Waals surface area contributed by atoms with Gasteiger partial charge in [0, 0.05) is 18.8 Å². The van der Waals surface area contributed by atoms with Crippen LogP contribution in [0.5, 0.6) is 0 Å². The minimum absolute atomic E-state index is 0.0891. The minimum Gasteiger partial charge on any atom is -0.396 e. The summed E-state index contributed by atoms with van der Waals surface area (Å²) in [5.41, 5.74) is 6.52. The third kappa shape index (κ3) is 4.72. The molecule has 0 unspecified atom stereocenters. The van der Waals surface area contributed by atoms with Crippen LogP contribution in [0, 0.1) is 0 Å². The van der Waals surface area contributed by atoms with Gasteiger partial charge in [-0.2, -0.15) is 25.8 Å². The highest BCUT2D eigenvalue weighted by atomic mass is 32.1. The Morgan fingerprint density at radius 1 is 1.31 bits per heavy atom. The molecule has 0 spiro atoms. The van der Waals surface area contributed by atoms with Crippen molar-refractivity contribution in [3.63, 3.8) is 0 Å². The molecule has 2 rings (SSSR count). The summed E-state index contributed by atoms with van der Waals surface area (Å²) >= 11 is 4.06. The molecule has 1 aliphatic heterocycles. The van der Waals surface area contributed by atoms with Crippen LogP contribution in [0.3, 0.4) is 0 Å². The van der Waals surface area contributed by atoms with Crippen molar-refractivity contribution >= 4 is 12.6 Å². The maximum absolute atomic E-state index is 14.6. The van der Waals surface area contributed by atoms with Crippen molar-refractivity contribution in [2.45, 2.75) is 19.1 Å².